The highest BCUT2D eigenvalue weighted by atomic mass is 35.5. The van der Waals surface area contributed by atoms with Gasteiger partial charge in [-0.15, -0.1) is 0 Å². The predicted octanol–water partition coefficient (Wildman–Crippen LogP) is 1.95. The fourth-order valence-electron chi connectivity index (χ4n) is 3.26. The lowest BCUT2D eigenvalue weighted by molar-refractivity contribution is -0.148. The third-order valence-electron chi connectivity index (χ3n) is 4.63. The molecule has 4 rings (SSSR count). The largest absolute Gasteiger partial charge is 0.378 e. The van der Waals surface area contributed by atoms with Crippen molar-refractivity contribution in [3.05, 3.63) is 35.4 Å². The van der Waals surface area contributed by atoms with E-state index in [9.17, 15) is 4.79 Å². The van der Waals surface area contributed by atoms with E-state index in [0.29, 0.717) is 44.5 Å². The van der Waals surface area contributed by atoms with Crippen LogP contribution < -0.4 is 4.90 Å². The highest BCUT2D eigenvalue weighted by Crippen LogP contribution is 2.23. The number of benzene rings is 1. The minimum Gasteiger partial charge on any atom is -0.378 e. The van der Waals surface area contributed by atoms with E-state index in [0.717, 1.165) is 23.3 Å². The number of hydrogen-bond acceptors (Lipinski definition) is 5. The number of fused-ring (bicyclic) bond motifs is 1. The van der Waals surface area contributed by atoms with E-state index in [1.54, 1.807) is 0 Å². The number of amides is 1. The number of hydrogen-bond donors (Lipinski definition) is 0. The van der Waals surface area contributed by atoms with Crippen LogP contribution in [-0.4, -0.2) is 67.9 Å². The van der Waals surface area contributed by atoms with Gasteiger partial charge in [0, 0.05) is 30.0 Å². The molecule has 2 aromatic rings. The Kier molecular flexibility index (Phi) is 4.74. The summed E-state index contributed by atoms with van der Waals surface area (Å²) in [6, 6.07) is 9.64. The van der Waals surface area contributed by atoms with E-state index in [2.05, 4.69) is 4.90 Å². The van der Waals surface area contributed by atoms with Crippen molar-refractivity contribution in [2.45, 2.75) is 6.10 Å². The Balaban J connectivity index is 1.50. The molecule has 1 aromatic heterocycles. The van der Waals surface area contributed by atoms with Gasteiger partial charge in [0.1, 0.15) is 5.82 Å². The summed E-state index contributed by atoms with van der Waals surface area (Å²) in [6.45, 7) is 4.21. The van der Waals surface area contributed by atoms with Gasteiger partial charge in [-0.1, -0.05) is 11.6 Å². The Morgan fingerprint density at radius 1 is 1.12 bits per heavy atom. The third kappa shape index (κ3) is 3.56. The minimum absolute atomic E-state index is 0.0422. The van der Waals surface area contributed by atoms with Gasteiger partial charge < -0.3 is 19.3 Å². The monoisotopic (exact) mass is 361 g/mol. The van der Waals surface area contributed by atoms with Crippen LogP contribution in [-0.2, 0) is 14.3 Å². The second-order valence-electron chi connectivity index (χ2n) is 6.25. The van der Waals surface area contributed by atoms with Crippen LogP contribution in [0.5, 0.6) is 0 Å². The molecule has 0 bridgehead atoms. The lowest BCUT2D eigenvalue weighted by Gasteiger charge is -2.36. The standard InChI is InChI=1S/C18H20ClN3O3/c19-14-2-3-15-13(11-14)1-4-17(20-15)22-7-10-25-16(12-22)18(23)21-5-8-24-9-6-21/h1-4,11,16H,5-10,12H2. The number of aromatic nitrogens is 1. The summed E-state index contributed by atoms with van der Waals surface area (Å²) < 4.78 is 11.0. The number of carbonyl (C=O) groups excluding carboxylic acids is 1. The van der Waals surface area contributed by atoms with Crippen LogP contribution in [0.25, 0.3) is 10.9 Å². The maximum Gasteiger partial charge on any atom is 0.253 e. The molecule has 1 amide bonds. The van der Waals surface area contributed by atoms with Crippen molar-refractivity contribution < 1.29 is 14.3 Å². The average molecular weight is 362 g/mol. The molecule has 132 valence electrons. The van der Waals surface area contributed by atoms with Gasteiger partial charge in [0.05, 0.1) is 31.9 Å². The number of morpholine rings is 2. The summed E-state index contributed by atoms with van der Waals surface area (Å²) in [7, 11) is 0. The molecule has 3 heterocycles. The summed E-state index contributed by atoms with van der Waals surface area (Å²) in [5, 5.41) is 1.70. The molecule has 25 heavy (non-hydrogen) atoms. The smallest absolute Gasteiger partial charge is 0.253 e. The number of ether oxygens (including phenoxy) is 2. The second kappa shape index (κ2) is 7.15. The normalized spacial score (nSPS) is 21.6. The quantitative estimate of drug-likeness (QED) is 0.818. The Morgan fingerprint density at radius 3 is 2.80 bits per heavy atom. The van der Waals surface area contributed by atoms with Crippen molar-refractivity contribution in [2.24, 2.45) is 0 Å². The minimum atomic E-state index is -0.449. The molecule has 0 saturated carbocycles. The summed E-state index contributed by atoms with van der Waals surface area (Å²) in [5.74, 6) is 0.901. The van der Waals surface area contributed by atoms with Gasteiger partial charge in [0.15, 0.2) is 6.10 Å². The number of anilines is 1. The molecule has 0 aliphatic carbocycles. The molecule has 2 aliphatic rings. The van der Waals surface area contributed by atoms with Crippen molar-refractivity contribution in [3.63, 3.8) is 0 Å². The van der Waals surface area contributed by atoms with Crippen molar-refractivity contribution in [1.82, 2.24) is 9.88 Å². The molecule has 0 radical (unpaired) electrons. The van der Waals surface area contributed by atoms with Gasteiger partial charge >= 0.3 is 0 Å². The highest BCUT2D eigenvalue weighted by Gasteiger charge is 2.31. The van der Waals surface area contributed by atoms with Crippen molar-refractivity contribution in [2.75, 3.05) is 50.9 Å². The number of carbonyl (C=O) groups is 1. The molecule has 2 saturated heterocycles. The van der Waals surface area contributed by atoms with Crippen LogP contribution in [0.3, 0.4) is 0 Å². The molecular formula is C18H20ClN3O3. The Labute approximate surface area is 151 Å². The number of rotatable bonds is 2. The van der Waals surface area contributed by atoms with E-state index in [1.165, 1.54) is 0 Å². The first-order valence-electron chi connectivity index (χ1n) is 8.50. The third-order valence-corrected chi connectivity index (χ3v) is 4.86. The van der Waals surface area contributed by atoms with E-state index in [4.69, 9.17) is 26.1 Å². The molecule has 0 spiro atoms. The number of pyridine rings is 1. The van der Waals surface area contributed by atoms with Crippen molar-refractivity contribution >= 4 is 34.2 Å². The zero-order chi connectivity index (χ0) is 17.2. The summed E-state index contributed by atoms with van der Waals surface area (Å²) >= 11 is 6.03. The maximum atomic E-state index is 12.7. The summed E-state index contributed by atoms with van der Waals surface area (Å²) in [6.07, 6.45) is -0.449. The van der Waals surface area contributed by atoms with Crippen LogP contribution in [0.15, 0.2) is 30.3 Å². The second-order valence-corrected chi connectivity index (χ2v) is 6.69. The first kappa shape index (κ1) is 16.6. The Bertz CT molecular complexity index is 779. The van der Waals surface area contributed by atoms with E-state index in [1.807, 2.05) is 35.2 Å². The van der Waals surface area contributed by atoms with Crippen LogP contribution in [0.2, 0.25) is 5.02 Å². The van der Waals surface area contributed by atoms with Gasteiger partial charge in [-0.2, -0.15) is 0 Å². The topological polar surface area (TPSA) is 54.9 Å². The average Bonchev–Trinajstić information content (AvgIpc) is 2.68. The summed E-state index contributed by atoms with van der Waals surface area (Å²) in [4.78, 5) is 21.3. The first-order valence-corrected chi connectivity index (χ1v) is 8.88. The van der Waals surface area contributed by atoms with E-state index in [-0.39, 0.29) is 5.91 Å². The first-order chi connectivity index (χ1) is 12.2. The molecule has 6 nitrogen and oxygen atoms in total. The Morgan fingerprint density at radius 2 is 1.96 bits per heavy atom. The van der Waals surface area contributed by atoms with Crippen LogP contribution >= 0.6 is 11.6 Å². The Hall–Kier alpha value is -1.89. The van der Waals surface area contributed by atoms with Crippen molar-refractivity contribution in [3.8, 4) is 0 Å². The fraction of sp³-hybridized carbons (Fsp3) is 0.444. The lowest BCUT2D eigenvalue weighted by atomic mass is 10.2. The highest BCUT2D eigenvalue weighted by molar-refractivity contribution is 6.31. The number of nitrogens with zero attached hydrogens (tertiary/aromatic N) is 3. The predicted molar refractivity (Wildman–Crippen MR) is 96.1 cm³/mol. The van der Waals surface area contributed by atoms with E-state index >= 15 is 0 Å². The van der Waals surface area contributed by atoms with E-state index < -0.39 is 6.10 Å². The molecule has 1 aromatic carbocycles. The zero-order valence-corrected chi connectivity index (χ0v) is 14.6. The SMILES string of the molecule is O=C(C1CN(c2ccc3cc(Cl)ccc3n2)CCO1)N1CCOCC1. The molecule has 0 N–H and O–H groups in total. The molecule has 1 atom stereocenters. The van der Waals surface area contributed by atoms with Gasteiger partial charge in [-0.05, 0) is 30.3 Å². The maximum absolute atomic E-state index is 12.7. The van der Waals surface area contributed by atoms with Crippen LogP contribution in [0.4, 0.5) is 5.82 Å². The summed E-state index contributed by atoms with van der Waals surface area (Å²) in [5.41, 5.74) is 0.893. The fourth-order valence-corrected chi connectivity index (χ4v) is 3.44. The number of halogens is 1. The molecule has 2 aliphatic heterocycles. The van der Waals surface area contributed by atoms with Gasteiger partial charge in [0.25, 0.3) is 5.91 Å². The van der Waals surface area contributed by atoms with Gasteiger partial charge in [0.2, 0.25) is 0 Å². The molecule has 1 unspecified atom stereocenters. The van der Waals surface area contributed by atoms with Gasteiger partial charge in [-0.25, -0.2) is 4.98 Å². The van der Waals surface area contributed by atoms with Crippen molar-refractivity contribution in [1.29, 1.82) is 0 Å². The molecule has 2 fully saturated rings. The molecular weight excluding hydrogens is 342 g/mol. The van der Waals surface area contributed by atoms with Crippen LogP contribution in [0.1, 0.15) is 0 Å². The van der Waals surface area contributed by atoms with Gasteiger partial charge in [-0.3, -0.25) is 4.79 Å². The molecule has 7 heteroatoms. The lowest BCUT2D eigenvalue weighted by Crippen LogP contribution is -2.53. The van der Waals surface area contributed by atoms with Crippen LogP contribution in [0, 0.1) is 0 Å². The zero-order valence-electron chi connectivity index (χ0n) is 13.9.